The molecule has 3 rings (SSSR count). The number of ether oxygens (including phenoxy) is 1. The summed E-state index contributed by atoms with van der Waals surface area (Å²) in [5.41, 5.74) is -0.124. The van der Waals surface area contributed by atoms with Gasteiger partial charge in [-0.15, -0.1) is 0 Å². The number of halogens is 3. The van der Waals surface area contributed by atoms with Crippen molar-refractivity contribution >= 4 is 35.7 Å². The SMILES string of the molecule is O=[N+]([O-])c1cc(Cl)cc(/C=N/n2c(-c3ccc(OC(F)F)cc3)n[nH]c2=S)c1O. The molecule has 0 aliphatic rings. The average molecular weight is 442 g/mol. The normalized spacial score (nSPS) is 11.3. The summed E-state index contributed by atoms with van der Waals surface area (Å²) >= 11 is 11.0. The Balaban J connectivity index is 1.97. The monoisotopic (exact) mass is 441 g/mol. The first-order chi connectivity index (χ1) is 13.8. The first-order valence-electron chi connectivity index (χ1n) is 7.70. The summed E-state index contributed by atoms with van der Waals surface area (Å²) < 4.78 is 30.1. The lowest BCUT2D eigenvalue weighted by Crippen LogP contribution is -2.01. The van der Waals surface area contributed by atoms with Crippen LogP contribution in [0.1, 0.15) is 5.56 Å². The minimum absolute atomic E-state index is 0.0149. The molecular formula is C16H10ClF2N5O4S. The molecule has 150 valence electrons. The van der Waals surface area contributed by atoms with Gasteiger partial charge in [-0.05, 0) is 42.5 Å². The van der Waals surface area contributed by atoms with Gasteiger partial charge in [0.15, 0.2) is 5.82 Å². The lowest BCUT2D eigenvalue weighted by atomic mass is 10.2. The van der Waals surface area contributed by atoms with Crippen LogP contribution >= 0.6 is 23.8 Å². The summed E-state index contributed by atoms with van der Waals surface area (Å²) in [5.74, 6) is -0.428. The molecule has 0 saturated heterocycles. The van der Waals surface area contributed by atoms with E-state index in [-0.39, 0.29) is 26.9 Å². The summed E-state index contributed by atoms with van der Waals surface area (Å²) in [4.78, 5) is 10.2. The highest BCUT2D eigenvalue weighted by molar-refractivity contribution is 7.71. The van der Waals surface area contributed by atoms with E-state index < -0.39 is 23.0 Å². The molecule has 0 aliphatic heterocycles. The van der Waals surface area contributed by atoms with E-state index in [1.54, 1.807) is 0 Å². The number of benzene rings is 2. The molecule has 0 unspecified atom stereocenters. The van der Waals surface area contributed by atoms with Gasteiger partial charge in [-0.25, -0.2) is 5.10 Å². The van der Waals surface area contributed by atoms with Crippen molar-refractivity contribution in [2.24, 2.45) is 5.10 Å². The van der Waals surface area contributed by atoms with Crippen LogP contribution in [0.15, 0.2) is 41.5 Å². The zero-order valence-corrected chi connectivity index (χ0v) is 15.7. The number of phenolic OH excluding ortho intramolecular Hbond substituents is 1. The molecule has 9 nitrogen and oxygen atoms in total. The fourth-order valence-corrected chi connectivity index (χ4v) is 2.73. The van der Waals surface area contributed by atoms with Crippen LogP contribution in [-0.2, 0) is 0 Å². The van der Waals surface area contributed by atoms with Crippen LogP contribution in [0.2, 0.25) is 5.02 Å². The lowest BCUT2D eigenvalue weighted by molar-refractivity contribution is -0.385. The Bertz CT molecular complexity index is 1150. The van der Waals surface area contributed by atoms with Crippen molar-refractivity contribution in [2.45, 2.75) is 6.61 Å². The van der Waals surface area contributed by atoms with Crippen molar-refractivity contribution in [1.82, 2.24) is 14.9 Å². The van der Waals surface area contributed by atoms with Crippen LogP contribution in [0, 0.1) is 14.9 Å². The topological polar surface area (TPSA) is 119 Å². The van der Waals surface area contributed by atoms with Gasteiger partial charge in [0.05, 0.1) is 11.1 Å². The second-order valence-electron chi connectivity index (χ2n) is 5.43. The summed E-state index contributed by atoms with van der Waals surface area (Å²) in [6.45, 7) is -2.95. The number of aromatic nitrogens is 3. The molecule has 0 saturated carbocycles. The molecule has 2 N–H and O–H groups in total. The Morgan fingerprint density at radius 3 is 2.69 bits per heavy atom. The van der Waals surface area contributed by atoms with E-state index in [1.807, 2.05) is 0 Å². The molecule has 0 radical (unpaired) electrons. The van der Waals surface area contributed by atoms with Crippen molar-refractivity contribution in [2.75, 3.05) is 0 Å². The first-order valence-corrected chi connectivity index (χ1v) is 8.49. The molecule has 1 heterocycles. The predicted molar refractivity (Wildman–Crippen MR) is 102 cm³/mol. The number of rotatable bonds is 6. The Morgan fingerprint density at radius 2 is 2.07 bits per heavy atom. The number of aromatic hydroxyl groups is 1. The molecule has 2 aromatic carbocycles. The quantitative estimate of drug-likeness (QED) is 0.254. The maximum atomic E-state index is 12.3. The van der Waals surface area contributed by atoms with Crippen molar-refractivity contribution in [3.05, 3.63) is 61.9 Å². The summed E-state index contributed by atoms with van der Waals surface area (Å²) in [6, 6.07) is 7.87. The highest BCUT2D eigenvalue weighted by atomic mass is 35.5. The average Bonchev–Trinajstić information content (AvgIpc) is 3.02. The van der Waals surface area contributed by atoms with E-state index in [0.29, 0.717) is 5.56 Å². The van der Waals surface area contributed by atoms with Gasteiger partial charge in [-0.3, -0.25) is 10.1 Å². The fourth-order valence-electron chi connectivity index (χ4n) is 2.33. The van der Waals surface area contributed by atoms with E-state index in [0.717, 1.165) is 12.3 Å². The maximum Gasteiger partial charge on any atom is 0.387 e. The zero-order valence-electron chi connectivity index (χ0n) is 14.1. The third-order valence-corrected chi connectivity index (χ3v) is 4.06. The lowest BCUT2D eigenvalue weighted by Gasteiger charge is -2.05. The number of nitro groups is 1. The number of hydrogen-bond acceptors (Lipinski definition) is 7. The van der Waals surface area contributed by atoms with Crippen molar-refractivity contribution in [3.63, 3.8) is 0 Å². The molecule has 13 heteroatoms. The highest BCUT2D eigenvalue weighted by Crippen LogP contribution is 2.32. The molecular weight excluding hydrogens is 432 g/mol. The molecule has 0 atom stereocenters. The summed E-state index contributed by atoms with van der Waals surface area (Å²) in [5, 5.41) is 31.7. The van der Waals surface area contributed by atoms with E-state index in [2.05, 4.69) is 20.0 Å². The van der Waals surface area contributed by atoms with Crippen molar-refractivity contribution in [3.8, 4) is 22.9 Å². The third kappa shape index (κ3) is 4.55. The molecule has 0 spiro atoms. The minimum Gasteiger partial charge on any atom is -0.502 e. The van der Waals surface area contributed by atoms with Crippen LogP contribution in [0.25, 0.3) is 11.4 Å². The number of nitrogens with zero attached hydrogens (tertiary/aromatic N) is 4. The number of aromatic amines is 1. The summed E-state index contributed by atoms with van der Waals surface area (Å²) in [7, 11) is 0. The number of alkyl halides is 2. The van der Waals surface area contributed by atoms with Gasteiger partial charge >= 0.3 is 12.3 Å². The largest absolute Gasteiger partial charge is 0.502 e. The molecule has 0 fully saturated rings. The van der Waals surface area contributed by atoms with E-state index in [4.69, 9.17) is 23.8 Å². The van der Waals surface area contributed by atoms with Gasteiger partial charge in [0.2, 0.25) is 10.5 Å². The van der Waals surface area contributed by atoms with Crippen LogP contribution in [0.4, 0.5) is 14.5 Å². The first kappa shape index (κ1) is 20.4. The van der Waals surface area contributed by atoms with Crippen LogP contribution in [-0.4, -0.2) is 37.7 Å². The predicted octanol–water partition coefficient (Wildman–Crippen LogP) is 4.36. The highest BCUT2D eigenvalue weighted by Gasteiger charge is 2.18. The van der Waals surface area contributed by atoms with Crippen LogP contribution in [0.5, 0.6) is 11.5 Å². The van der Waals surface area contributed by atoms with Gasteiger partial charge < -0.3 is 9.84 Å². The molecule has 0 bridgehead atoms. The zero-order chi connectivity index (χ0) is 21.1. The number of nitro benzene ring substituents is 1. The molecule has 3 aromatic rings. The van der Waals surface area contributed by atoms with Gasteiger partial charge in [-0.1, -0.05) is 11.6 Å². The van der Waals surface area contributed by atoms with Crippen LogP contribution < -0.4 is 4.74 Å². The second kappa shape index (κ2) is 8.32. The Hall–Kier alpha value is -3.38. The van der Waals surface area contributed by atoms with E-state index >= 15 is 0 Å². The number of H-pyrrole nitrogens is 1. The van der Waals surface area contributed by atoms with E-state index in [1.165, 1.54) is 35.0 Å². The third-order valence-electron chi connectivity index (χ3n) is 3.58. The Kier molecular flexibility index (Phi) is 5.84. The van der Waals surface area contributed by atoms with Crippen molar-refractivity contribution in [1.29, 1.82) is 0 Å². The van der Waals surface area contributed by atoms with Crippen molar-refractivity contribution < 1.29 is 23.5 Å². The summed E-state index contributed by atoms with van der Waals surface area (Å²) in [6.07, 6.45) is 1.12. The van der Waals surface area contributed by atoms with Gasteiger partial charge in [0.25, 0.3) is 0 Å². The standard InChI is InChI=1S/C16H10ClF2N5O4S/c17-10-5-9(13(25)12(6-10)24(26)27)7-20-23-14(21-22-16(23)29)8-1-3-11(4-2-8)28-15(18)19/h1-7,15,25H,(H,22,29)/b20-7+. The Labute approximate surface area is 171 Å². The van der Waals surface area contributed by atoms with E-state index in [9.17, 15) is 24.0 Å². The molecule has 0 aliphatic carbocycles. The van der Waals surface area contributed by atoms with Gasteiger partial charge in [-0.2, -0.15) is 23.7 Å². The fraction of sp³-hybridized carbons (Fsp3) is 0.0625. The number of nitrogens with one attached hydrogen (secondary N) is 1. The van der Waals surface area contributed by atoms with Gasteiger partial charge in [0.1, 0.15) is 5.75 Å². The smallest absolute Gasteiger partial charge is 0.387 e. The van der Waals surface area contributed by atoms with Gasteiger partial charge in [0, 0.05) is 22.2 Å². The Morgan fingerprint density at radius 1 is 1.38 bits per heavy atom. The molecule has 29 heavy (non-hydrogen) atoms. The van der Waals surface area contributed by atoms with Crippen LogP contribution in [0.3, 0.4) is 0 Å². The number of hydrogen-bond donors (Lipinski definition) is 2. The molecule has 1 aromatic heterocycles. The molecule has 0 amide bonds. The second-order valence-corrected chi connectivity index (χ2v) is 6.25. The number of phenols is 1. The minimum atomic E-state index is -2.95. The maximum absolute atomic E-state index is 12.3.